The third-order valence-corrected chi connectivity index (χ3v) is 6.13. The standard InChI is InChI=1S/C25H31NOS.CH2O/c1-4-7-20(8-5-2)21-13-15-23(16-14-21)27-17-19-9-11-22(12-10-19)24-18-28-25(6-3)26-24;1-2/h9-16,18,20H,4-8,17H2,1-3H3;1H2. The normalized spacial score (nSPS) is 10.5. The Morgan fingerprint density at radius 3 is 2.10 bits per heavy atom. The first-order valence-electron chi connectivity index (χ1n) is 10.8. The largest absolute Gasteiger partial charge is 0.489 e. The lowest BCUT2D eigenvalue weighted by Gasteiger charge is -2.16. The molecular weight excluding hydrogens is 390 g/mol. The Morgan fingerprint density at radius 1 is 0.933 bits per heavy atom. The van der Waals surface area contributed by atoms with Crippen molar-refractivity contribution in [2.45, 2.75) is 65.4 Å². The summed E-state index contributed by atoms with van der Waals surface area (Å²) in [5.41, 5.74) is 4.85. The van der Waals surface area contributed by atoms with Crippen molar-refractivity contribution in [1.82, 2.24) is 4.98 Å². The Hall–Kier alpha value is -2.46. The van der Waals surface area contributed by atoms with Crippen molar-refractivity contribution in [1.29, 1.82) is 0 Å². The minimum atomic E-state index is 0.588. The van der Waals surface area contributed by atoms with Gasteiger partial charge >= 0.3 is 0 Å². The first-order chi connectivity index (χ1) is 14.7. The lowest BCUT2D eigenvalue weighted by Crippen LogP contribution is -1.99. The van der Waals surface area contributed by atoms with Crippen molar-refractivity contribution in [2.75, 3.05) is 0 Å². The zero-order valence-electron chi connectivity index (χ0n) is 18.4. The molecule has 3 nitrogen and oxygen atoms in total. The second kappa shape index (κ2) is 13.0. The van der Waals surface area contributed by atoms with Crippen LogP contribution in [0.1, 0.15) is 68.5 Å². The van der Waals surface area contributed by atoms with Gasteiger partial charge in [-0.05, 0) is 48.4 Å². The molecule has 0 bridgehead atoms. The Kier molecular flexibility index (Phi) is 10.3. The molecule has 0 aliphatic carbocycles. The monoisotopic (exact) mass is 423 g/mol. The Labute approximate surface area is 185 Å². The van der Waals surface area contributed by atoms with Gasteiger partial charge in [-0.25, -0.2) is 4.98 Å². The average molecular weight is 424 g/mol. The number of hydrogen-bond acceptors (Lipinski definition) is 4. The van der Waals surface area contributed by atoms with Crippen LogP contribution in [0.4, 0.5) is 0 Å². The molecule has 1 aromatic heterocycles. The van der Waals surface area contributed by atoms with E-state index in [1.54, 1.807) is 11.3 Å². The van der Waals surface area contributed by atoms with Crippen molar-refractivity contribution in [3.63, 3.8) is 0 Å². The van der Waals surface area contributed by atoms with Crippen LogP contribution in [0, 0.1) is 0 Å². The van der Waals surface area contributed by atoms with Gasteiger partial charge in [-0.2, -0.15) is 0 Å². The number of ether oxygens (including phenoxy) is 1. The van der Waals surface area contributed by atoms with Gasteiger partial charge in [-0.15, -0.1) is 11.3 Å². The molecule has 0 unspecified atom stereocenters. The maximum Gasteiger partial charge on any atom is 0.119 e. The van der Waals surface area contributed by atoms with E-state index in [2.05, 4.69) is 79.7 Å². The number of hydrogen-bond donors (Lipinski definition) is 0. The first-order valence-corrected chi connectivity index (χ1v) is 11.7. The molecule has 0 atom stereocenters. The second-order valence-corrected chi connectivity index (χ2v) is 8.25. The van der Waals surface area contributed by atoms with Crippen LogP contribution in [0.2, 0.25) is 0 Å². The predicted molar refractivity (Wildman–Crippen MR) is 127 cm³/mol. The molecule has 0 aliphatic heterocycles. The number of carbonyl (C=O) groups is 1. The topological polar surface area (TPSA) is 39.2 Å². The molecule has 0 aliphatic rings. The summed E-state index contributed by atoms with van der Waals surface area (Å²) in [7, 11) is 0. The quantitative estimate of drug-likeness (QED) is 0.340. The number of aromatic nitrogens is 1. The van der Waals surface area contributed by atoms with Crippen molar-refractivity contribution < 1.29 is 9.53 Å². The van der Waals surface area contributed by atoms with Gasteiger partial charge in [-0.1, -0.05) is 70.0 Å². The van der Waals surface area contributed by atoms with E-state index in [0.717, 1.165) is 17.9 Å². The van der Waals surface area contributed by atoms with Gasteiger partial charge in [0.25, 0.3) is 0 Å². The summed E-state index contributed by atoms with van der Waals surface area (Å²) in [6.07, 6.45) is 5.99. The van der Waals surface area contributed by atoms with Crippen molar-refractivity contribution >= 4 is 18.1 Å². The van der Waals surface area contributed by atoms with Crippen LogP contribution < -0.4 is 4.74 Å². The molecule has 0 spiro atoms. The molecule has 4 heteroatoms. The summed E-state index contributed by atoms with van der Waals surface area (Å²) in [6.45, 7) is 9.26. The Morgan fingerprint density at radius 2 is 1.57 bits per heavy atom. The Bertz CT molecular complexity index is 849. The maximum atomic E-state index is 8.00. The highest BCUT2D eigenvalue weighted by atomic mass is 32.1. The van der Waals surface area contributed by atoms with E-state index in [0.29, 0.717) is 12.5 Å². The van der Waals surface area contributed by atoms with Crippen molar-refractivity contribution in [2.24, 2.45) is 0 Å². The van der Waals surface area contributed by atoms with Gasteiger partial charge in [0.15, 0.2) is 0 Å². The molecule has 0 radical (unpaired) electrons. The molecule has 30 heavy (non-hydrogen) atoms. The molecule has 1 heterocycles. The van der Waals surface area contributed by atoms with Crippen LogP contribution in [0.15, 0.2) is 53.9 Å². The summed E-state index contributed by atoms with van der Waals surface area (Å²) in [4.78, 5) is 12.7. The fraction of sp³-hybridized carbons (Fsp3) is 0.385. The summed E-state index contributed by atoms with van der Waals surface area (Å²) >= 11 is 1.73. The second-order valence-electron chi connectivity index (χ2n) is 7.31. The number of rotatable bonds is 10. The summed E-state index contributed by atoms with van der Waals surface area (Å²) in [5, 5.41) is 3.32. The molecule has 0 saturated heterocycles. The highest BCUT2D eigenvalue weighted by Crippen LogP contribution is 2.28. The molecule has 160 valence electrons. The Balaban J connectivity index is 0.00000155. The number of aryl methyl sites for hydroxylation is 1. The summed E-state index contributed by atoms with van der Waals surface area (Å²) in [5.74, 6) is 1.61. The highest BCUT2D eigenvalue weighted by molar-refractivity contribution is 7.09. The lowest BCUT2D eigenvalue weighted by atomic mass is 9.90. The maximum absolute atomic E-state index is 8.00. The van der Waals surface area contributed by atoms with Gasteiger partial charge in [-0.3, -0.25) is 0 Å². The molecule has 2 aromatic carbocycles. The van der Waals surface area contributed by atoms with Gasteiger partial charge in [0.05, 0.1) is 10.7 Å². The smallest absolute Gasteiger partial charge is 0.119 e. The number of benzene rings is 2. The van der Waals surface area contributed by atoms with Crippen LogP contribution in [-0.2, 0) is 17.8 Å². The fourth-order valence-corrected chi connectivity index (χ4v) is 4.31. The van der Waals surface area contributed by atoms with Crippen molar-refractivity contribution in [3.05, 3.63) is 70.0 Å². The van der Waals surface area contributed by atoms with Gasteiger partial charge in [0.1, 0.15) is 19.1 Å². The minimum Gasteiger partial charge on any atom is -0.489 e. The first kappa shape index (κ1) is 23.8. The van der Waals surface area contributed by atoms with Crippen LogP contribution >= 0.6 is 11.3 Å². The van der Waals surface area contributed by atoms with Gasteiger partial charge in [0.2, 0.25) is 0 Å². The molecule has 0 amide bonds. The van der Waals surface area contributed by atoms with Crippen LogP contribution in [0.3, 0.4) is 0 Å². The summed E-state index contributed by atoms with van der Waals surface area (Å²) < 4.78 is 6.00. The zero-order valence-corrected chi connectivity index (χ0v) is 19.2. The van der Waals surface area contributed by atoms with E-state index in [4.69, 9.17) is 9.53 Å². The van der Waals surface area contributed by atoms with Crippen LogP contribution in [0.5, 0.6) is 5.75 Å². The summed E-state index contributed by atoms with van der Waals surface area (Å²) in [6, 6.07) is 17.2. The van der Waals surface area contributed by atoms with E-state index in [-0.39, 0.29) is 0 Å². The van der Waals surface area contributed by atoms with Crippen molar-refractivity contribution in [3.8, 4) is 17.0 Å². The third kappa shape index (κ3) is 6.81. The van der Waals surface area contributed by atoms with Gasteiger partial charge in [0, 0.05) is 10.9 Å². The van der Waals surface area contributed by atoms with Crippen LogP contribution in [0.25, 0.3) is 11.3 Å². The predicted octanol–water partition coefficient (Wildman–Crippen LogP) is 7.45. The lowest BCUT2D eigenvalue weighted by molar-refractivity contribution is -0.0979. The average Bonchev–Trinajstić information content (AvgIpc) is 3.29. The highest BCUT2D eigenvalue weighted by Gasteiger charge is 2.10. The third-order valence-electron chi connectivity index (χ3n) is 5.14. The number of thiazole rings is 1. The molecule has 3 aromatic rings. The number of carbonyl (C=O) groups excluding carboxylic acids is 1. The molecular formula is C26H33NO2S. The van der Waals surface area contributed by atoms with E-state index < -0.39 is 0 Å². The fourth-order valence-electron chi connectivity index (χ4n) is 3.56. The number of nitrogens with zero attached hydrogens (tertiary/aromatic N) is 1. The van der Waals surface area contributed by atoms with Gasteiger partial charge < -0.3 is 9.53 Å². The molecule has 0 fully saturated rings. The minimum absolute atomic E-state index is 0.588. The SMILES string of the molecule is C=O.CCCC(CCC)c1ccc(OCc2ccc(-c3csc(CC)n3)cc2)cc1. The molecule has 3 rings (SSSR count). The van der Waals surface area contributed by atoms with E-state index >= 15 is 0 Å². The van der Waals surface area contributed by atoms with E-state index in [1.807, 2.05) is 6.79 Å². The van der Waals surface area contributed by atoms with E-state index in [9.17, 15) is 0 Å². The zero-order chi connectivity index (χ0) is 21.8. The molecule has 0 N–H and O–H groups in total. The molecule has 0 saturated carbocycles. The van der Waals surface area contributed by atoms with Crippen LogP contribution in [-0.4, -0.2) is 11.8 Å². The van der Waals surface area contributed by atoms with E-state index in [1.165, 1.54) is 47.4 Å².